The van der Waals surface area contributed by atoms with E-state index in [-0.39, 0.29) is 0 Å². The number of ether oxygens (including phenoxy) is 2. The van der Waals surface area contributed by atoms with Crippen LogP contribution in [0, 0.1) is 0 Å². The maximum atomic E-state index is 11.4. The number of halogens is 1. The average molecular weight is 287 g/mol. The molecule has 5 heteroatoms. The first-order chi connectivity index (χ1) is 7.54. The van der Waals surface area contributed by atoms with Gasteiger partial charge in [-0.25, -0.2) is 4.79 Å². The predicted molar refractivity (Wildman–Crippen MR) is 60.7 cm³/mol. The Kier molecular flexibility index (Phi) is 4.49. The second-order valence-corrected chi connectivity index (χ2v) is 3.98. The summed E-state index contributed by atoms with van der Waals surface area (Å²) in [6.45, 7) is 1.24. The molecule has 1 aromatic carbocycles. The van der Waals surface area contributed by atoms with E-state index in [0.717, 1.165) is 4.47 Å². The van der Waals surface area contributed by atoms with Crippen LogP contribution < -0.4 is 0 Å². The highest BCUT2D eigenvalue weighted by molar-refractivity contribution is 9.10. The van der Waals surface area contributed by atoms with Crippen molar-refractivity contribution >= 4 is 27.9 Å². The molecule has 0 saturated heterocycles. The highest BCUT2D eigenvalue weighted by Crippen LogP contribution is 2.22. The van der Waals surface area contributed by atoms with Gasteiger partial charge >= 0.3 is 11.9 Å². The molecule has 0 aromatic heterocycles. The molecule has 0 aliphatic heterocycles. The van der Waals surface area contributed by atoms with E-state index >= 15 is 0 Å². The molecule has 0 fully saturated rings. The van der Waals surface area contributed by atoms with Crippen molar-refractivity contribution < 1.29 is 19.1 Å². The number of hydrogen-bond acceptors (Lipinski definition) is 4. The van der Waals surface area contributed by atoms with Gasteiger partial charge in [-0.1, -0.05) is 28.1 Å². The molecule has 1 aromatic rings. The quantitative estimate of drug-likeness (QED) is 0.800. The summed E-state index contributed by atoms with van der Waals surface area (Å²) in [4.78, 5) is 22.3. The number of methoxy groups -OCH3 is 1. The molecular formula is C11H11BrO4. The van der Waals surface area contributed by atoms with Gasteiger partial charge in [-0.05, 0) is 12.1 Å². The SMILES string of the molecule is COC(=O)C(OC(C)=O)c1cccc(Br)c1. The molecule has 1 atom stereocenters. The lowest BCUT2D eigenvalue weighted by molar-refractivity contribution is -0.165. The van der Waals surface area contributed by atoms with Crippen molar-refractivity contribution in [3.63, 3.8) is 0 Å². The zero-order valence-electron chi connectivity index (χ0n) is 8.90. The summed E-state index contributed by atoms with van der Waals surface area (Å²) in [7, 11) is 1.25. The summed E-state index contributed by atoms with van der Waals surface area (Å²) >= 11 is 3.28. The summed E-state index contributed by atoms with van der Waals surface area (Å²) < 4.78 is 10.3. The summed E-state index contributed by atoms with van der Waals surface area (Å²) in [5.41, 5.74) is 0.566. The van der Waals surface area contributed by atoms with E-state index in [2.05, 4.69) is 20.7 Å². The number of hydrogen-bond donors (Lipinski definition) is 0. The van der Waals surface area contributed by atoms with E-state index < -0.39 is 18.0 Å². The number of rotatable bonds is 3. The van der Waals surface area contributed by atoms with Gasteiger partial charge in [-0.2, -0.15) is 0 Å². The minimum Gasteiger partial charge on any atom is -0.466 e. The van der Waals surface area contributed by atoms with Crippen LogP contribution in [0.25, 0.3) is 0 Å². The standard InChI is InChI=1S/C11H11BrO4/c1-7(13)16-10(11(14)15-2)8-4-3-5-9(12)6-8/h3-6,10H,1-2H3. The summed E-state index contributed by atoms with van der Waals surface area (Å²) in [5.74, 6) is -1.14. The largest absolute Gasteiger partial charge is 0.466 e. The molecule has 4 nitrogen and oxygen atoms in total. The number of carbonyl (C=O) groups is 2. The lowest BCUT2D eigenvalue weighted by Gasteiger charge is -2.14. The molecular weight excluding hydrogens is 276 g/mol. The smallest absolute Gasteiger partial charge is 0.351 e. The number of carbonyl (C=O) groups excluding carboxylic acids is 2. The van der Waals surface area contributed by atoms with Gasteiger partial charge in [0.05, 0.1) is 7.11 Å². The second kappa shape index (κ2) is 5.65. The molecule has 1 rings (SSSR count). The summed E-state index contributed by atoms with van der Waals surface area (Å²) in [6.07, 6.45) is -1.01. The molecule has 86 valence electrons. The van der Waals surface area contributed by atoms with Gasteiger partial charge in [0, 0.05) is 17.0 Å². The van der Waals surface area contributed by atoms with Gasteiger partial charge in [0.15, 0.2) is 0 Å². The molecule has 0 radical (unpaired) electrons. The van der Waals surface area contributed by atoms with Crippen LogP contribution in [0.3, 0.4) is 0 Å². The van der Waals surface area contributed by atoms with Crippen molar-refractivity contribution in [1.82, 2.24) is 0 Å². The maximum Gasteiger partial charge on any atom is 0.351 e. The third kappa shape index (κ3) is 3.34. The Morgan fingerprint density at radius 1 is 1.38 bits per heavy atom. The van der Waals surface area contributed by atoms with Crippen LogP contribution in [0.4, 0.5) is 0 Å². The van der Waals surface area contributed by atoms with E-state index in [4.69, 9.17) is 4.74 Å². The first-order valence-corrected chi connectivity index (χ1v) is 5.34. The van der Waals surface area contributed by atoms with Crippen LogP contribution in [0.1, 0.15) is 18.6 Å². The first-order valence-electron chi connectivity index (χ1n) is 4.55. The number of benzene rings is 1. The predicted octanol–water partition coefficient (Wildman–Crippen LogP) is 2.23. The van der Waals surface area contributed by atoms with Crippen LogP contribution in [0.15, 0.2) is 28.7 Å². The van der Waals surface area contributed by atoms with Crippen molar-refractivity contribution in [3.8, 4) is 0 Å². The summed E-state index contributed by atoms with van der Waals surface area (Å²) in [5, 5.41) is 0. The lowest BCUT2D eigenvalue weighted by atomic mass is 10.1. The van der Waals surface area contributed by atoms with Crippen LogP contribution in [-0.2, 0) is 19.1 Å². The van der Waals surface area contributed by atoms with Gasteiger partial charge in [0.25, 0.3) is 0 Å². The van der Waals surface area contributed by atoms with Gasteiger partial charge in [0.2, 0.25) is 6.10 Å². The van der Waals surface area contributed by atoms with E-state index in [1.165, 1.54) is 14.0 Å². The zero-order chi connectivity index (χ0) is 12.1. The maximum absolute atomic E-state index is 11.4. The van der Waals surface area contributed by atoms with Crippen molar-refractivity contribution in [3.05, 3.63) is 34.3 Å². The average Bonchev–Trinajstić information content (AvgIpc) is 2.24. The minimum absolute atomic E-state index is 0.532. The Bertz CT molecular complexity index is 403. The number of esters is 2. The van der Waals surface area contributed by atoms with E-state index in [0.29, 0.717) is 5.56 Å². The normalized spacial score (nSPS) is 11.7. The Morgan fingerprint density at radius 3 is 2.56 bits per heavy atom. The molecule has 0 amide bonds. The van der Waals surface area contributed by atoms with Gasteiger partial charge < -0.3 is 9.47 Å². The topological polar surface area (TPSA) is 52.6 Å². The van der Waals surface area contributed by atoms with Crippen LogP contribution >= 0.6 is 15.9 Å². The highest BCUT2D eigenvalue weighted by atomic mass is 79.9. The fourth-order valence-electron chi connectivity index (χ4n) is 1.19. The van der Waals surface area contributed by atoms with Gasteiger partial charge in [-0.3, -0.25) is 4.79 Å². The van der Waals surface area contributed by atoms with Crippen molar-refractivity contribution in [2.24, 2.45) is 0 Å². The van der Waals surface area contributed by atoms with E-state index in [9.17, 15) is 9.59 Å². The first kappa shape index (κ1) is 12.7. The molecule has 0 aliphatic carbocycles. The van der Waals surface area contributed by atoms with E-state index in [1.54, 1.807) is 18.2 Å². The molecule has 0 saturated carbocycles. The van der Waals surface area contributed by atoms with Crippen LogP contribution in [0.5, 0.6) is 0 Å². The molecule has 0 bridgehead atoms. The molecule has 0 heterocycles. The Balaban J connectivity index is 3.00. The third-order valence-electron chi connectivity index (χ3n) is 1.85. The van der Waals surface area contributed by atoms with Crippen molar-refractivity contribution in [2.75, 3.05) is 7.11 Å². The minimum atomic E-state index is -1.01. The monoisotopic (exact) mass is 286 g/mol. The highest BCUT2D eigenvalue weighted by Gasteiger charge is 2.24. The Morgan fingerprint density at radius 2 is 2.06 bits per heavy atom. The van der Waals surface area contributed by atoms with E-state index in [1.807, 2.05) is 6.07 Å². The van der Waals surface area contributed by atoms with Gasteiger partial charge in [0.1, 0.15) is 0 Å². The zero-order valence-corrected chi connectivity index (χ0v) is 10.5. The van der Waals surface area contributed by atoms with Crippen molar-refractivity contribution in [1.29, 1.82) is 0 Å². The van der Waals surface area contributed by atoms with Gasteiger partial charge in [-0.15, -0.1) is 0 Å². The van der Waals surface area contributed by atoms with Crippen LogP contribution in [-0.4, -0.2) is 19.0 Å². The second-order valence-electron chi connectivity index (χ2n) is 3.07. The molecule has 1 unspecified atom stereocenters. The Hall–Kier alpha value is -1.36. The lowest BCUT2D eigenvalue weighted by Crippen LogP contribution is -2.19. The molecule has 0 spiro atoms. The third-order valence-corrected chi connectivity index (χ3v) is 2.34. The van der Waals surface area contributed by atoms with Crippen LogP contribution in [0.2, 0.25) is 0 Å². The Labute approximate surface area is 102 Å². The fraction of sp³-hybridized carbons (Fsp3) is 0.273. The molecule has 16 heavy (non-hydrogen) atoms. The fourth-order valence-corrected chi connectivity index (χ4v) is 1.61. The van der Waals surface area contributed by atoms with Crippen molar-refractivity contribution in [2.45, 2.75) is 13.0 Å². The molecule has 0 aliphatic rings. The summed E-state index contributed by atoms with van der Waals surface area (Å²) in [6, 6.07) is 6.95. The molecule has 0 N–H and O–H groups in total.